The van der Waals surface area contributed by atoms with E-state index < -0.39 is 0 Å². The van der Waals surface area contributed by atoms with Gasteiger partial charge in [0.25, 0.3) is 0 Å². The van der Waals surface area contributed by atoms with Crippen molar-refractivity contribution in [2.45, 2.75) is 20.3 Å². The number of carbonyl (C=O) groups excluding carboxylic acids is 1. The largest absolute Gasteiger partial charge is 0.469 e. The van der Waals surface area contributed by atoms with Gasteiger partial charge < -0.3 is 4.74 Å². The third kappa shape index (κ3) is 3.28. The predicted molar refractivity (Wildman–Crippen MR) is 40.6 cm³/mol. The summed E-state index contributed by atoms with van der Waals surface area (Å²) in [6.07, 6.45) is 0.715. The zero-order valence-corrected chi connectivity index (χ0v) is 6.81. The minimum absolute atomic E-state index is 0.0532. The first-order valence-electron chi connectivity index (χ1n) is 3.30. The van der Waals surface area contributed by atoms with Crippen LogP contribution >= 0.6 is 0 Å². The maximum absolute atomic E-state index is 10.8. The van der Waals surface area contributed by atoms with Crippen LogP contribution in [0.5, 0.6) is 0 Å². The van der Waals surface area contributed by atoms with Crippen LogP contribution < -0.4 is 0 Å². The van der Waals surface area contributed by atoms with Crippen LogP contribution in [-0.2, 0) is 9.53 Å². The third-order valence-corrected chi connectivity index (χ3v) is 1.26. The van der Waals surface area contributed by atoms with E-state index >= 15 is 0 Å². The van der Waals surface area contributed by atoms with E-state index in [0.717, 1.165) is 5.57 Å². The van der Waals surface area contributed by atoms with Gasteiger partial charge in [-0.1, -0.05) is 12.5 Å². The Bertz CT molecular complexity index is 138. The van der Waals surface area contributed by atoms with Crippen molar-refractivity contribution in [1.29, 1.82) is 0 Å². The molecule has 0 aliphatic carbocycles. The molecule has 0 saturated heterocycles. The lowest BCUT2D eigenvalue weighted by molar-refractivity contribution is -0.144. The van der Waals surface area contributed by atoms with Crippen molar-refractivity contribution >= 4 is 5.97 Å². The summed E-state index contributed by atoms with van der Waals surface area (Å²) in [5.41, 5.74) is 1.01. The monoisotopic (exact) mass is 142 g/mol. The second-order valence-electron chi connectivity index (χ2n) is 2.59. The number of hydrogen-bond acceptors (Lipinski definition) is 2. The molecule has 0 aromatic heterocycles. The summed E-state index contributed by atoms with van der Waals surface area (Å²) >= 11 is 0. The topological polar surface area (TPSA) is 26.3 Å². The molecule has 0 unspecified atom stereocenters. The van der Waals surface area contributed by atoms with Crippen LogP contribution in [0.2, 0.25) is 0 Å². The van der Waals surface area contributed by atoms with Gasteiger partial charge in [-0.2, -0.15) is 0 Å². The van der Waals surface area contributed by atoms with Crippen molar-refractivity contribution in [2.75, 3.05) is 7.11 Å². The zero-order valence-electron chi connectivity index (χ0n) is 6.81. The molecular formula is C8H14O2. The first-order valence-corrected chi connectivity index (χ1v) is 3.30. The molecule has 0 heterocycles. The van der Waals surface area contributed by atoms with Gasteiger partial charge in [0.15, 0.2) is 0 Å². The predicted octanol–water partition coefficient (Wildman–Crippen LogP) is 1.76. The molecule has 10 heavy (non-hydrogen) atoms. The summed E-state index contributed by atoms with van der Waals surface area (Å²) in [7, 11) is 1.40. The van der Waals surface area contributed by atoms with Crippen molar-refractivity contribution in [3.63, 3.8) is 0 Å². The van der Waals surface area contributed by atoms with E-state index in [-0.39, 0.29) is 11.9 Å². The lowest BCUT2D eigenvalue weighted by Crippen LogP contribution is -2.12. The minimum Gasteiger partial charge on any atom is -0.469 e. The molecule has 0 aromatic carbocycles. The highest BCUT2D eigenvalue weighted by molar-refractivity contribution is 5.72. The third-order valence-electron chi connectivity index (χ3n) is 1.26. The smallest absolute Gasteiger partial charge is 0.308 e. The maximum Gasteiger partial charge on any atom is 0.308 e. The molecule has 0 bridgehead atoms. The van der Waals surface area contributed by atoms with E-state index in [1.54, 1.807) is 0 Å². The maximum atomic E-state index is 10.8. The Morgan fingerprint density at radius 1 is 1.70 bits per heavy atom. The molecule has 1 atom stereocenters. The SMILES string of the molecule is C=C(C)C[C@H](C)C(=O)OC. The van der Waals surface area contributed by atoms with Crippen LogP contribution in [-0.4, -0.2) is 13.1 Å². The van der Waals surface area contributed by atoms with E-state index in [9.17, 15) is 4.79 Å². The average molecular weight is 142 g/mol. The van der Waals surface area contributed by atoms with Crippen LogP contribution in [0.25, 0.3) is 0 Å². The summed E-state index contributed by atoms with van der Waals surface area (Å²) in [5.74, 6) is -0.217. The Hall–Kier alpha value is -0.790. The standard InChI is InChI=1S/C8H14O2/c1-6(2)5-7(3)8(9)10-4/h7H,1,5H2,2-4H3/t7-/m0/s1. The molecule has 2 heteroatoms. The first-order chi connectivity index (χ1) is 4.57. The van der Waals surface area contributed by atoms with Crippen LogP contribution in [0.15, 0.2) is 12.2 Å². The molecule has 0 aromatic rings. The number of carbonyl (C=O) groups is 1. The van der Waals surface area contributed by atoms with Crippen molar-refractivity contribution in [2.24, 2.45) is 5.92 Å². The molecule has 0 spiro atoms. The highest BCUT2D eigenvalue weighted by Gasteiger charge is 2.11. The molecule has 0 rings (SSSR count). The van der Waals surface area contributed by atoms with Gasteiger partial charge in [-0.05, 0) is 13.3 Å². The van der Waals surface area contributed by atoms with E-state index in [0.29, 0.717) is 6.42 Å². The number of esters is 1. The number of hydrogen-bond donors (Lipinski definition) is 0. The fourth-order valence-corrected chi connectivity index (χ4v) is 0.807. The van der Waals surface area contributed by atoms with Gasteiger partial charge in [0.05, 0.1) is 13.0 Å². The van der Waals surface area contributed by atoms with Gasteiger partial charge in [0, 0.05) is 0 Å². The molecule has 0 amide bonds. The quantitative estimate of drug-likeness (QED) is 0.443. The minimum atomic E-state index is -0.164. The molecule has 0 saturated carbocycles. The Kier molecular flexibility index (Phi) is 3.77. The van der Waals surface area contributed by atoms with E-state index in [4.69, 9.17) is 0 Å². The average Bonchev–Trinajstić information content (AvgIpc) is 1.85. The molecule has 2 nitrogen and oxygen atoms in total. The normalized spacial score (nSPS) is 12.3. The van der Waals surface area contributed by atoms with Crippen LogP contribution in [0.3, 0.4) is 0 Å². The number of methoxy groups -OCH3 is 1. The van der Waals surface area contributed by atoms with Gasteiger partial charge in [-0.25, -0.2) is 0 Å². The second-order valence-corrected chi connectivity index (χ2v) is 2.59. The van der Waals surface area contributed by atoms with Gasteiger partial charge in [-0.3, -0.25) is 4.79 Å². The lowest BCUT2D eigenvalue weighted by Gasteiger charge is -2.07. The van der Waals surface area contributed by atoms with Gasteiger partial charge >= 0.3 is 5.97 Å². The second kappa shape index (κ2) is 4.09. The van der Waals surface area contributed by atoms with Crippen molar-refractivity contribution in [3.05, 3.63) is 12.2 Å². The van der Waals surface area contributed by atoms with Gasteiger partial charge in [0.1, 0.15) is 0 Å². The molecular weight excluding hydrogens is 128 g/mol. The van der Waals surface area contributed by atoms with Crippen molar-refractivity contribution in [3.8, 4) is 0 Å². The van der Waals surface area contributed by atoms with Gasteiger partial charge in [0.2, 0.25) is 0 Å². The fraction of sp³-hybridized carbons (Fsp3) is 0.625. The highest BCUT2D eigenvalue weighted by Crippen LogP contribution is 2.09. The molecule has 0 fully saturated rings. The summed E-state index contributed by atoms with van der Waals surface area (Å²) in [6.45, 7) is 7.44. The lowest BCUT2D eigenvalue weighted by atomic mass is 10.0. The fourth-order valence-electron chi connectivity index (χ4n) is 0.807. The van der Waals surface area contributed by atoms with E-state index in [1.165, 1.54) is 7.11 Å². The highest BCUT2D eigenvalue weighted by atomic mass is 16.5. The molecule has 58 valence electrons. The Labute approximate surface area is 61.9 Å². The van der Waals surface area contributed by atoms with Crippen LogP contribution in [0.4, 0.5) is 0 Å². The molecule has 0 aliphatic rings. The zero-order chi connectivity index (χ0) is 8.15. The molecule has 0 N–H and O–H groups in total. The number of allylic oxidation sites excluding steroid dienone is 1. The summed E-state index contributed by atoms with van der Waals surface area (Å²) in [6, 6.07) is 0. The van der Waals surface area contributed by atoms with Crippen LogP contribution in [0.1, 0.15) is 20.3 Å². The Balaban J connectivity index is 3.72. The summed E-state index contributed by atoms with van der Waals surface area (Å²) in [4.78, 5) is 10.8. The van der Waals surface area contributed by atoms with E-state index in [2.05, 4.69) is 11.3 Å². The van der Waals surface area contributed by atoms with Crippen LogP contribution in [0, 0.1) is 5.92 Å². The molecule has 0 aliphatic heterocycles. The summed E-state index contributed by atoms with van der Waals surface area (Å²) in [5, 5.41) is 0. The summed E-state index contributed by atoms with van der Waals surface area (Å²) < 4.78 is 4.53. The van der Waals surface area contributed by atoms with Gasteiger partial charge in [-0.15, -0.1) is 6.58 Å². The molecule has 0 radical (unpaired) electrons. The number of ether oxygens (including phenoxy) is 1. The first kappa shape index (κ1) is 9.21. The number of rotatable bonds is 3. The Morgan fingerprint density at radius 2 is 2.20 bits per heavy atom. The van der Waals surface area contributed by atoms with E-state index in [1.807, 2.05) is 13.8 Å². The van der Waals surface area contributed by atoms with Crippen molar-refractivity contribution < 1.29 is 9.53 Å². The van der Waals surface area contributed by atoms with Crippen molar-refractivity contribution in [1.82, 2.24) is 0 Å². The Morgan fingerprint density at radius 3 is 2.50 bits per heavy atom.